The number of rotatable bonds is 7. The van der Waals surface area contributed by atoms with E-state index in [1.807, 2.05) is 49.4 Å². The van der Waals surface area contributed by atoms with Crippen LogP contribution in [0.1, 0.15) is 39.2 Å². The van der Waals surface area contributed by atoms with Crippen molar-refractivity contribution in [2.75, 3.05) is 19.0 Å². The number of methoxy groups -OCH3 is 1. The molecule has 0 saturated heterocycles. The summed E-state index contributed by atoms with van der Waals surface area (Å²) in [7, 11) is 1.65. The maximum Gasteiger partial charge on any atom is 0.311 e. The Morgan fingerprint density at radius 2 is 1.91 bits per heavy atom. The molecule has 4 atom stereocenters. The van der Waals surface area contributed by atoms with E-state index in [9.17, 15) is 4.79 Å². The summed E-state index contributed by atoms with van der Waals surface area (Å²) in [6, 6.07) is 18.0. The van der Waals surface area contributed by atoms with Gasteiger partial charge in [0.1, 0.15) is 5.75 Å². The van der Waals surface area contributed by atoms with Gasteiger partial charge in [-0.1, -0.05) is 50.2 Å². The summed E-state index contributed by atoms with van der Waals surface area (Å²) in [5.74, 6) is 1.40. The van der Waals surface area contributed by atoms with Crippen molar-refractivity contribution >= 4 is 29.0 Å². The third kappa shape index (κ3) is 4.72. The zero-order valence-electron chi connectivity index (χ0n) is 19.9. The van der Waals surface area contributed by atoms with E-state index in [4.69, 9.17) is 21.7 Å². The molecule has 3 saturated carbocycles. The number of hydrogen-bond acceptors (Lipinski definition) is 4. The number of ether oxygens (including phenoxy) is 2. The van der Waals surface area contributed by atoms with Crippen molar-refractivity contribution in [2.45, 2.75) is 46.2 Å². The predicted molar refractivity (Wildman–Crippen MR) is 135 cm³/mol. The molecule has 0 aromatic heterocycles. The molecular formula is C27H34N2O3S. The van der Waals surface area contributed by atoms with Gasteiger partial charge in [0.2, 0.25) is 0 Å². The molecular weight excluding hydrogens is 432 g/mol. The second-order valence-corrected chi connectivity index (χ2v) is 10.1. The van der Waals surface area contributed by atoms with Crippen LogP contribution in [0.15, 0.2) is 54.6 Å². The lowest BCUT2D eigenvalue weighted by Crippen LogP contribution is -2.66. The Labute approximate surface area is 202 Å². The maximum atomic E-state index is 13.1. The van der Waals surface area contributed by atoms with Gasteiger partial charge in [-0.15, -0.1) is 0 Å². The number of thiocarbonyl (C=S) groups is 1. The number of carbonyl (C=O) groups excluding carboxylic acids is 1. The molecule has 176 valence electrons. The van der Waals surface area contributed by atoms with Gasteiger partial charge in [0.25, 0.3) is 0 Å². The fourth-order valence-corrected chi connectivity index (χ4v) is 5.97. The van der Waals surface area contributed by atoms with E-state index in [1.54, 1.807) is 7.11 Å². The average molecular weight is 467 g/mol. The summed E-state index contributed by atoms with van der Waals surface area (Å²) in [5, 5.41) is 4.03. The molecule has 0 spiro atoms. The smallest absolute Gasteiger partial charge is 0.311 e. The van der Waals surface area contributed by atoms with Gasteiger partial charge in [-0.3, -0.25) is 4.79 Å². The van der Waals surface area contributed by atoms with E-state index in [2.05, 4.69) is 36.2 Å². The fraction of sp³-hybridized carbons (Fsp3) is 0.481. The minimum Gasteiger partial charge on any atom is -0.497 e. The molecule has 3 fully saturated rings. The summed E-state index contributed by atoms with van der Waals surface area (Å²) >= 11 is 5.99. The predicted octanol–water partition coefficient (Wildman–Crippen LogP) is 5.51. The van der Waals surface area contributed by atoms with Crippen LogP contribution < -0.4 is 10.1 Å². The molecule has 0 amide bonds. The normalized spacial score (nSPS) is 24.8. The van der Waals surface area contributed by atoms with E-state index in [0.717, 1.165) is 29.8 Å². The Morgan fingerprint density at radius 3 is 2.58 bits per heavy atom. The lowest BCUT2D eigenvalue weighted by Gasteiger charge is -2.64. The summed E-state index contributed by atoms with van der Waals surface area (Å²) in [5.41, 5.74) is 2.20. The minimum atomic E-state index is -0.185. The van der Waals surface area contributed by atoms with Crippen LogP contribution in [-0.2, 0) is 16.1 Å². The van der Waals surface area contributed by atoms with E-state index >= 15 is 0 Å². The monoisotopic (exact) mass is 466 g/mol. The van der Waals surface area contributed by atoms with Crippen LogP contribution >= 0.6 is 12.2 Å². The highest BCUT2D eigenvalue weighted by Crippen LogP contribution is 2.62. The molecule has 2 bridgehead atoms. The van der Waals surface area contributed by atoms with Crippen LogP contribution in [0.25, 0.3) is 0 Å². The highest BCUT2D eigenvalue weighted by Gasteiger charge is 2.61. The van der Waals surface area contributed by atoms with Crippen LogP contribution in [-0.4, -0.2) is 35.7 Å². The molecule has 5 rings (SSSR count). The SMILES string of the molecule is CCOC(=O)C1CC2CC(C1N(Cc1ccccc1)C(=S)Nc1cccc(OC)c1)C2(C)C. The standard InChI is InChI=1S/C27H34N2O3S/c1-5-32-25(30)22-14-19-15-23(27(19,2)3)24(22)29(17-18-10-7-6-8-11-18)26(33)28-20-12-9-13-21(16-20)31-4/h6-13,16,19,22-24H,5,14-15,17H2,1-4H3,(H,28,33). The Kier molecular flexibility index (Phi) is 6.94. The largest absolute Gasteiger partial charge is 0.497 e. The number of fused-ring (bicyclic) bond motifs is 2. The van der Waals surface area contributed by atoms with E-state index < -0.39 is 0 Å². The number of nitrogens with zero attached hydrogens (tertiary/aromatic N) is 1. The summed E-state index contributed by atoms with van der Waals surface area (Å²) in [6.45, 7) is 7.57. The Morgan fingerprint density at radius 1 is 1.15 bits per heavy atom. The van der Waals surface area contributed by atoms with Crippen LogP contribution in [0.3, 0.4) is 0 Å². The maximum absolute atomic E-state index is 13.1. The highest BCUT2D eigenvalue weighted by atomic mass is 32.1. The van der Waals surface area contributed by atoms with Crippen molar-refractivity contribution in [3.05, 3.63) is 60.2 Å². The summed E-state index contributed by atoms with van der Waals surface area (Å²) in [4.78, 5) is 15.3. The highest BCUT2D eigenvalue weighted by molar-refractivity contribution is 7.80. The average Bonchev–Trinajstić information content (AvgIpc) is 2.82. The Hall–Kier alpha value is -2.60. The quantitative estimate of drug-likeness (QED) is 0.429. The van der Waals surface area contributed by atoms with E-state index in [0.29, 0.717) is 30.1 Å². The van der Waals surface area contributed by atoms with Gasteiger partial charge < -0.3 is 19.7 Å². The fourth-order valence-electron chi connectivity index (χ4n) is 5.67. The van der Waals surface area contributed by atoms with Gasteiger partial charge in [-0.05, 0) is 66.9 Å². The summed E-state index contributed by atoms with van der Waals surface area (Å²) < 4.78 is 10.9. The molecule has 1 N–H and O–H groups in total. The number of carbonyl (C=O) groups is 1. The Bertz CT molecular complexity index is 994. The van der Waals surface area contributed by atoms with Crippen molar-refractivity contribution < 1.29 is 14.3 Å². The molecule has 5 nitrogen and oxygen atoms in total. The molecule has 4 unspecified atom stereocenters. The molecule has 2 aromatic carbocycles. The third-order valence-corrected chi connectivity index (χ3v) is 7.97. The first-order valence-electron chi connectivity index (χ1n) is 11.8. The number of benzene rings is 2. The number of anilines is 1. The third-order valence-electron chi connectivity index (χ3n) is 7.64. The lowest BCUT2D eigenvalue weighted by atomic mass is 9.44. The molecule has 33 heavy (non-hydrogen) atoms. The first kappa shape index (κ1) is 23.6. The van der Waals surface area contributed by atoms with Gasteiger partial charge in [0, 0.05) is 24.3 Å². The van der Waals surface area contributed by atoms with Crippen molar-refractivity contribution in [3.8, 4) is 5.75 Å². The zero-order chi connectivity index (χ0) is 23.6. The van der Waals surface area contributed by atoms with Crippen LogP contribution in [0.4, 0.5) is 5.69 Å². The topological polar surface area (TPSA) is 50.8 Å². The van der Waals surface area contributed by atoms with Crippen LogP contribution in [0.5, 0.6) is 5.75 Å². The van der Waals surface area contributed by atoms with Crippen molar-refractivity contribution in [1.82, 2.24) is 4.90 Å². The molecule has 0 aliphatic heterocycles. The van der Waals surface area contributed by atoms with E-state index in [-0.39, 0.29) is 23.3 Å². The Balaban J connectivity index is 1.68. The van der Waals surface area contributed by atoms with Crippen molar-refractivity contribution in [3.63, 3.8) is 0 Å². The first-order chi connectivity index (χ1) is 15.8. The minimum absolute atomic E-state index is 0.0186. The molecule has 2 aromatic rings. The number of nitrogens with one attached hydrogen (secondary N) is 1. The van der Waals surface area contributed by atoms with Gasteiger partial charge in [0.15, 0.2) is 5.11 Å². The van der Waals surface area contributed by atoms with Gasteiger partial charge >= 0.3 is 5.97 Å². The van der Waals surface area contributed by atoms with E-state index in [1.165, 1.54) is 0 Å². The second-order valence-electron chi connectivity index (χ2n) is 9.72. The lowest BCUT2D eigenvalue weighted by molar-refractivity contribution is -0.175. The number of esters is 1. The zero-order valence-corrected chi connectivity index (χ0v) is 20.7. The van der Waals surface area contributed by atoms with Gasteiger partial charge in [-0.2, -0.15) is 0 Å². The van der Waals surface area contributed by atoms with Crippen molar-refractivity contribution in [2.24, 2.45) is 23.2 Å². The van der Waals surface area contributed by atoms with Crippen LogP contribution in [0.2, 0.25) is 0 Å². The molecule has 0 heterocycles. The number of hydrogen-bond donors (Lipinski definition) is 1. The van der Waals surface area contributed by atoms with Gasteiger partial charge in [0.05, 0.1) is 19.6 Å². The van der Waals surface area contributed by atoms with Gasteiger partial charge in [-0.25, -0.2) is 0 Å². The molecule has 0 radical (unpaired) electrons. The molecule has 3 aliphatic carbocycles. The summed E-state index contributed by atoms with van der Waals surface area (Å²) in [6.07, 6.45) is 1.97. The molecule has 3 aliphatic rings. The van der Waals surface area contributed by atoms with Crippen molar-refractivity contribution in [1.29, 1.82) is 0 Å². The first-order valence-corrected chi connectivity index (χ1v) is 12.2. The second kappa shape index (κ2) is 9.72. The molecule has 6 heteroatoms. The van der Waals surface area contributed by atoms with Crippen LogP contribution in [0, 0.1) is 23.2 Å².